The zero-order chi connectivity index (χ0) is 17.6. The van der Waals surface area contributed by atoms with E-state index in [0.717, 1.165) is 43.8 Å². The second-order valence-corrected chi connectivity index (χ2v) is 7.90. The van der Waals surface area contributed by atoms with Gasteiger partial charge in [-0.25, -0.2) is 9.98 Å². The SMILES string of the molecule is C=CCN=C1N=C2CCSC2[C@H](NC2CCC(NC(=O)C=C)CC2)N1. The van der Waals surface area contributed by atoms with E-state index in [1.807, 2.05) is 11.8 Å². The fourth-order valence-corrected chi connectivity index (χ4v) is 4.88. The summed E-state index contributed by atoms with van der Waals surface area (Å²) in [6.07, 6.45) is 8.47. The molecule has 0 aromatic rings. The lowest BCUT2D eigenvalue weighted by molar-refractivity contribution is -0.117. The number of guanidine groups is 1. The Morgan fingerprint density at radius 2 is 2.08 bits per heavy atom. The monoisotopic (exact) mass is 361 g/mol. The first-order chi connectivity index (χ1) is 12.2. The van der Waals surface area contributed by atoms with Gasteiger partial charge >= 0.3 is 0 Å². The molecule has 6 nitrogen and oxygen atoms in total. The summed E-state index contributed by atoms with van der Waals surface area (Å²) in [5.41, 5.74) is 1.25. The van der Waals surface area contributed by atoms with E-state index in [2.05, 4.69) is 39.1 Å². The van der Waals surface area contributed by atoms with Crippen LogP contribution in [0.4, 0.5) is 0 Å². The zero-order valence-electron chi connectivity index (χ0n) is 14.5. The van der Waals surface area contributed by atoms with Crippen molar-refractivity contribution in [3.8, 4) is 0 Å². The van der Waals surface area contributed by atoms with Crippen LogP contribution in [0.5, 0.6) is 0 Å². The number of carbonyl (C=O) groups excluding carboxylic acids is 1. The summed E-state index contributed by atoms with van der Waals surface area (Å²) in [7, 11) is 0. The molecule has 1 amide bonds. The van der Waals surface area contributed by atoms with Crippen LogP contribution in [-0.2, 0) is 4.79 Å². The lowest BCUT2D eigenvalue weighted by atomic mass is 9.90. The van der Waals surface area contributed by atoms with Gasteiger partial charge in [-0.1, -0.05) is 12.7 Å². The van der Waals surface area contributed by atoms with Gasteiger partial charge in [0.25, 0.3) is 0 Å². The second kappa shape index (κ2) is 8.67. The summed E-state index contributed by atoms with van der Waals surface area (Å²) < 4.78 is 0. The molecular weight excluding hydrogens is 334 g/mol. The molecule has 1 unspecified atom stereocenters. The van der Waals surface area contributed by atoms with Gasteiger partial charge in [0.2, 0.25) is 11.9 Å². The van der Waals surface area contributed by atoms with Gasteiger partial charge in [-0.15, -0.1) is 18.3 Å². The third-order valence-electron chi connectivity index (χ3n) is 4.87. The zero-order valence-corrected chi connectivity index (χ0v) is 15.4. The number of rotatable bonds is 6. The van der Waals surface area contributed by atoms with E-state index in [1.165, 1.54) is 11.8 Å². The average molecular weight is 362 g/mol. The first-order valence-electron chi connectivity index (χ1n) is 8.99. The van der Waals surface area contributed by atoms with Crippen molar-refractivity contribution in [2.75, 3.05) is 12.3 Å². The van der Waals surface area contributed by atoms with Gasteiger partial charge in [0.1, 0.15) is 0 Å². The predicted molar refractivity (Wildman–Crippen MR) is 105 cm³/mol. The lowest BCUT2D eigenvalue weighted by Gasteiger charge is -2.36. The van der Waals surface area contributed by atoms with Crippen molar-refractivity contribution in [3.63, 3.8) is 0 Å². The number of hydrogen-bond acceptors (Lipinski definition) is 4. The highest BCUT2D eigenvalue weighted by atomic mass is 32.2. The molecule has 3 aliphatic rings. The third kappa shape index (κ3) is 4.73. The average Bonchev–Trinajstić information content (AvgIpc) is 3.10. The fraction of sp³-hybridized carbons (Fsp3) is 0.611. The normalized spacial score (nSPS) is 33.1. The standard InChI is InChI=1S/C18H27N5OS/c1-3-10-19-18-22-14-9-11-25-16(14)17(23-18)21-13-7-5-12(6-8-13)20-15(24)4-2/h3-4,12-13,16-17,21H,1-2,5-11H2,(H,19,23)(H,20,24)/t12?,13?,16?,17-/m1/s1. The molecule has 2 heterocycles. The number of amides is 1. The highest BCUT2D eigenvalue weighted by Gasteiger charge is 2.37. The maximum atomic E-state index is 11.4. The maximum Gasteiger partial charge on any atom is 0.243 e. The molecule has 1 aliphatic carbocycles. The summed E-state index contributed by atoms with van der Waals surface area (Å²) in [5.74, 6) is 1.77. The smallest absolute Gasteiger partial charge is 0.243 e. The molecular formula is C18H27N5OS. The molecule has 2 fully saturated rings. The summed E-state index contributed by atoms with van der Waals surface area (Å²) in [6.45, 7) is 7.81. The van der Waals surface area contributed by atoms with E-state index in [4.69, 9.17) is 0 Å². The minimum absolute atomic E-state index is 0.0726. The van der Waals surface area contributed by atoms with Crippen LogP contribution in [0.25, 0.3) is 0 Å². The number of thioether (sulfide) groups is 1. The topological polar surface area (TPSA) is 77.9 Å². The molecule has 7 heteroatoms. The van der Waals surface area contributed by atoms with Gasteiger partial charge in [-0.3, -0.25) is 10.1 Å². The van der Waals surface area contributed by atoms with Crippen molar-refractivity contribution in [2.24, 2.45) is 9.98 Å². The van der Waals surface area contributed by atoms with Crippen molar-refractivity contribution in [1.82, 2.24) is 16.0 Å². The molecule has 0 aromatic heterocycles. The summed E-state index contributed by atoms with van der Waals surface area (Å²) >= 11 is 1.96. The number of nitrogens with zero attached hydrogens (tertiary/aromatic N) is 2. The molecule has 2 aliphatic heterocycles. The molecule has 0 spiro atoms. The van der Waals surface area contributed by atoms with E-state index in [1.54, 1.807) is 6.08 Å². The van der Waals surface area contributed by atoms with Crippen molar-refractivity contribution in [3.05, 3.63) is 25.3 Å². The summed E-state index contributed by atoms with van der Waals surface area (Å²) in [4.78, 5) is 20.6. The van der Waals surface area contributed by atoms with Crippen LogP contribution < -0.4 is 16.0 Å². The Hall–Kier alpha value is -1.60. The van der Waals surface area contributed by atoms with E-state index < -0.39 is 0 Å². The Morgan fingerprint density at radius 1 is 1.32 bits per heavy atom. The van der Waals surface area contributed by atoms with Crippen LogP contribution in [0.1, 0.15) is 32.1 Å². The molecule has 3 N–H and O–H groups in total. The van der Waals surface area contributed by atoms with Gasteiger partial charge in [-0.2, -0.15) is 0 Å². The maximum absolute atomic E-state index is 11.4. The van der Waals surface area contributed by atoms with E-state index in [0.29, 0.717) is 17.8 Å². The highest BCUT2D eigenvalue weighted by Crippen LogP contribution is 2.29. The van der Waals surface area contributed by atoms with Crippen LogP contribution in [0.2, 0.25) is 0 Å². The van der Waals surface area contributed by atoms with Crippen molar-refractivity contribution >= 4 is 29.3 Å². The predicted octanol–water partition coefficient (Wildman–Crippen LogP) is 1.61. The number of fused-ring (bicyclic) bond motifs is 1. The highest BCUT2D eigenvalue weighted by molar-refractivity contribution is 8.01. The van der Waals surface area contributed by atoms with Crippen LogP contribution in [0.15, 0.2) is 35.3 Å². The molecule has 0 bridgehead atoms. The van der Waals surface area contributed by atoms with Gasteiger partial charge < -0.3 is 10.6 Å². The van der Waals surface area contributed by atoms with E-state index in [9.17, 15) is 4.79 Å². The minimum Gasteiger partial charge on any atom is -0.350 e. The second-order valence-electron chi connectivity index (χ2n) is 6.65. The van der Waals surface area contributed by atoms with Crippen LogP contribution >= 0.6 is 11.8 Å². The van der Waals surface area contributed by atoms with Crippen molar-refractivity contribution < 1.29 is 4.79 Å². The van der Waals surface area contributed by atoms with Gasteiger partial charge in [-0.05, 0) is 43.9 Å². The lowest BCUT2D eigenvalue weighted by Crippen LogP contribution is -2.59. The quantitative estimate of drug-likeness (QED) is 0.496. The number of hydrogen-bond donors (Lipinski definition) is 3. The van der Waals surface area contributed by atoms with E-state index in [-0.39, 0.29) is 18.1 Å². The Bertz CT molecular complexity index is 580. The summed E-state index contributed by atoms with van der Waals surface area (Å²) in [6, 6.07) is 0.723. The number of carbonyl (C=O) groups is 1. The van der Waals surface area contributed by atoms with Crippen LogP contribution in [0.3, 0.4) is 0 Å². The molecule has 1 saturated carbocycles. The third-order valence-corrected chi connectivity index (χ3v) is 6.21. The van der Waals surface area contributed by atoms with Gasteiger partial charge in [0.05, 0.1) is 18.0 Å². The molecule has 0 radical (unpaired) electrons. The molecule has 2 atom stereocenters. The molecule has 1 saturated heterocycles. The van der Waals surface area contributed by atoms with Gasteiger partial charge in [0, 0.05) is 17.8 Å². The number of nitrogens with one attached hydrogen (secondary N) is 3. The van der Waals surface area contributed by atoms with Gasteiger partial charge in [0.15, 0.2) is 0 Å². The van der Waals surface area contributed by atoms with Crippen molar-refractivity contribution in [2.45, 2.75) is 55.6 Å². The molecule has 0 aromatic carbocycles. The molecule has 3 rings (SSSR count). The Balaban J connectivity index is 1.55. The molecule has 25 heavy (non-hydrogen) atoms. The largest absolute Gasteiger partial charge is 0.350 e. The molecule has 136 valence electrons. The number of aliphatic imine (C=N–C) groups is 2. The fourth-order valence-electron chi connectivity index (χ4n) is 3.60. The summed E-state index contributed by atoms with van der Waals surface area (Å²) in [5, 5.41) is 10.6. The van der Waals surface area contributed by atoms with E-state index >= 15 is 0 Å². The Labute approximate surface area is 153 Å². The minimum atomic E-state index is -0.0726. The van der Waals surface area contributed by atoms with Crippen molar-refractivity contribution in [1.29, 1.82) is 0 Å². The van der Waals surface area contributed by atoms with Crippen LogP contribution in [0, 0.1) is 0 Å². The first-order valence-corrected chi connectivity index (χ1v) is 10.0. The Kier molecular flexibility index (Phi) is 6.31. The first kappa shape index (κ1) is 18.2. The van der Waals surface area contributed by atoms with Crippen LogP contribution in [-0.4, -0.2) is 53.4 Å². The Morgan fingerprint density at radius 3 is 2.80 bits per heavy atom.